The van der Waals surface area contributed by atoms with Gasteiger partial charge in [0.05, 0.1) is 4.90 Å². The molecule has 0 heterocycles. The Morgan fingerprint density at radius 1 is 1.32 bits per heavy atom. The quantitative estimate of drug-likeness (QED) is 0.782. The second kappa shape index (κ2) is 6.06. The van der Waals surface area contributed by atoms with E-state index in [4.69, 9.17) is 11.6 Å². The third-order valence-corrected chi connectivity index (χ3v) is 4.73. The van der Waals surface area contributed by atoms with Gasteiger partial charge in [0, 0.05) is 11.8 Å². The highest BCUT2D eigenvalue weighted by molar-refractivity contribution is 7.90. The van der Waals surface area contributed by atoms with Crippen LogP contribution >= 0.6 is 11.6 Å². The first-order valence-electron chi connectivity index (χ1n) is 6.29. The number of benzene rings is 1. The van der Waals surface area contributed by atoms with Crippen LogP contribution in [0, 0.1) is 0 Å². The molecular weight excluding hydrogens is 284 g/mol. The number of halogens is 1. The van der Waals surface area contributed by atoms with E-state index in [1.807, 2.05) is 20.8 Å². The minimum atomic E-state index is -3.38. The van der Waals surface area contributed by atoms with Gasteiger partial charge < -0.3 is 0 Å². The van der Waals surface area contributed by atoms with Crippen molar-refractivity contribution in [2.75, 3.05) is 6.26 Å². The van der Waals surface area contributed by atoms with Crippen LogP contribution in [-0.2, 0) is 16.3 Å². The second-order valence-corrected chi connectivity index (χ2v) is 7.08. The summed E-state index contributed by atoms with van der Waals surface area (Å²) in [4.78, 5) is 11.6. The van der Waals surface area contributed by atoms with Crippen molar-refractivity contribution in [2.24, 2.45) is 0 Å². The van der Waals surface area contributed by atoms with Crippen LogP contribution in [0.15, 0.2) is 17.0 Å². The van der Waals surface area contributed by atoms with Gasteiger partial charge >= 0.3 is 0 Å². The fourth-order valence-electron chi connectivity index (χ4n) is 2.05. The van der Waals surface area contributed by atoms with Gasteiger partial charge in [-0.1, -0.05) is 26.8 Å². The first-order chi connectivity index (χ1) is 8.72. The van der Waals surface area contributed by atoms with E-state index in [-0.39, 0.29) is 16.4 Å². The van der Waals surface area contributed by atoms with Crippen LogP contribution in [0.5, 0.6) is 0 Å². The molecule has 0 N–H and O–H groups in total. The summed E-state index contributed by atoms with van der Waals surface area (Å²) in [7, 11) is -3.38. The molecule has 1 rings (SSSR count). The van der Waals surface area contributed by atoms with Crippen molar-refractivity contribution in [1.82, 2.24) is 0 Å². The lowest BCUT2D eigenvalue weighted by Crippen LogP contribution is -2.09. The highest BCUT2D eigenvalue weighted by Gasteiger charge is 2.21. The maximum Gasteiger partial charge on any atom is 0.252 e. The largest absolute Gasteiger partial charge is 0.276 e. The number of carbonyl (C=O) groups excluding carboxylic acids is 1. The molecule has 1 aromatic carbocycles. The van der Waals surface area contributed by atoms with Crippen LogP contribution in [0.4, 0.5) is 0 Å². The topological polar surface area (TPSA) is 51.2 Å². The monoisotopic (exact) mass is 302 g/mol. The lowest BCUT2D eigenvalue weighted by Gasteiger charge is -2.17. The van der Waals surface area contributed by atoms with Crippen molar-refractivity contribution in [3.63, 3.8) is 0 Å². The van der Waals surface area contributed by atoms with Gasteiger partial charge in [-0.3, -0.25) is 4.79 Å². The average molecular weight is 303 g/mol. The van der Waals surface area contributed by atoms with Gasteiger partial charge in [0.2, 0.25) is 0 Å². The Morgan fingerprint density at radius 2 is 1.89 bits per heavy atom. The lowest BCUT2D eigenvalue weighted by molar-refractivity contribution is 0.108. The number of hydrogen-bond acceptors (Lipinski definition) is 3. The molecule has 0 saturated carbocycles. The predicted octanol–water partition coefficient (Wildman–Crippen LogP) is 3.55. The van der Waals surface area contributed by atoms with Crippen LogP contribution in [0.1, 0.15) is 54.6 Å². The van der Waals surface area contributed by atoms with E-state index in [1.54, 1.807) is 6.07 Å². The zero-order chi connectivity index (χ0) is 14.8. The van der Waals surface area contributed by atoms with Gasteiger partial charge in [-0.2, -0.15) is 0 Å². The molecule has 0 aliphatic carbocycles. The second-order valence-electron chi connectivity index (χ2n) is 4.76. The fourth-order valence-corrected chi connectivity index (χ4v) is 3.24. The smallest absolute Gasteiger partial charge is 0.252 e. The van der Waals surface area contributed by atoms with E-state index in [2.05, 4.69) is 0 Å². The van der Waals surface area contributed by atoms with Crippen LogP contribution in [0.2, 0.25) is 0 Å². The highest BCUT2D eigenvalue weighted by atomic mass is 35.5. The molecule has 0 radical (unpaired) electrons. The lowest BCUT2D eigenvalue weighted by atomic mass is 9.93. The fraction of sp³-hybridized carbons (Fsp3) is 0.500. The van der Waals surface area contributed by atoms with Gasteiger partial charge in [0.15, 0.2) is 9.84 Å². The standard InChI is InChI=1S/C14H19ClO3S/c1-5-9(3)11-7-10(6-2)12(14(15)16)8-13(11)19(4,17)18/h7-9H,5-6H2,1-4H3. The van der Waals surface area contributed by atoms with Crippen molar-refractivity contribution in [1.29, 1.82) is 0 Å². The molecule has 1 unspecified atom stereocenters. The van der Waals surface area contributed by atoms with Crippen LogP contribution in [0.25, 0.3) is 0 Å². The summed E-state index contributed by atoms with van der Waals surface area (Å²) in [5.41, 5.74) is 1.85. The molecule has 19 heavy (non-hydrogen) atoms. The van der Waals surface area contributed by atoms with Gasteiger partial charge in [0.25, 0.3) is 5.24 Å². The van der Waals surface area contributed by atoms with E-state index in [1.165, 1.54) is 6.07 Å². The molecule has 0 aliphatic rings. The van der Waals surface area contributed by atoms with Crippen LogP contribution in [0.3, 0.4) is 0 Å². The predicted molar refractivity (Wildman–Crippen MR) is 77.8 cm³/mol. The molecule has 0 fully saturated rings. The molecule has 3 nitrogen and oxygen atoms in total. The minimum absolute atomic E-state index is 0.120. The van der Waals surface area contributed by atoms with Gasteiger partial charge in [-0.05, 0) is 47.6 Å². The normalized spacial score (nSPS) is 13.3. The molecule has 0 aliphatic heterocycles. The number of hydrogen-bond donors (Lipinski definition) is 0. The highest BCUT2D eigenvalue weighted by Crippen LogP contribution is 2.30. The number of rotatable bonds is 5. The summed E-state index contributed by atoms with van der Waals surface area (Å²) in [6.07, 6.45) is 2.63. The summed E-state index contributed by atoms with van der Waals surface area (Å²) < 4.78 is 23.8. The van der Waals surface area contributed by atoms with Crippen molar-refractivity contribution in [2.45, 2.75) is 44.4 Å². The van der Waals surface area contributed by atoms with E-state index < -0.39 is 15.1 Å². The van der Waals surface area contributed by atoms with Crippen molar-refractivity contribution in [3.8, 4) is 0 Å². The van der Waals surface area contributed by atoms with E-state index >= 15 is 0 Å². The number of carbonyl (C=O) groups is 1. The molecule has 5 heteroatoms. The molecule has 0 amide bonds. The Bertz CT molecular complexity index is 591. The Labute approximate surface area is 119 Å². The molecule has 1 aromatic rings. The van der Waals surface area contributed by atoms with E-state index in [0.717, 1.165) is 23.8 Å². The van der Waals surface area contributed by atoms with E-state index in [9.17, 15) is 13.2 Å². The Balaban J connectivity index is 3.67. The first kappa shape index (κ1) is 16.2. The first-order valence-corrected chi connectivity index (χ1v) is 8.55. The van der Waals surface area contributed by atoms with E-state index in [0.29, 0.717) is 6.42 Å². The Morgan fingerprint density at radius 3 is 2.26 bits per heavy atom. The summed E-state index contributed by atoms with van der Waals surface area (Å²) in [5.74, 6) is 0.120. The van der Waals surface area contributed by atoms with Crippen molar-refractivity contribution < 1.29 is 13.2 Å². The summed E-state index contributed by atoms with van der Waals surface area (Å²) in [6.45, 7) is 5.90. The number of aryl methyl sites for hydroxylation is 1. The summed E-state index contributed by atoms with van der Waals surface area (Å²) in [6, 6.07) is 3.23. The van der Waals surface area contributed by atoms with Crippen LogP contribution in [-0.4, -0.2) is 19.9 Å². The summed E-state index contributed by atoms with van der Waals surface area (Å²) >= 11 is 5.54. The molecule has 0 saturated heterocycles. The Hall–Kier alpha value is -0.870. The number of sulfone groups is 1. The van der Waals surface area contributed by atoms with Gasteiger partial charge in [0.1, 0.15) is 0 Å². The average Bonchev–Trinajstić information content (AvgIpc) is 2.34. The maximum atomic E-state index is 11.9. The zero-order valence-electron chi connectivity index (χ0n) is 11.7. The summed E-state index contributed by atoms with van der Waals surface area (Å²) in [5, 5.41) is -0.613. The zero-order valence-corrected chi connectivity index (χ0v) is 13.2. The molecule has 1 atom stereocenters. The Kier molecular flexibility index (Phi) is 5.16. The van der Waals surface area contributed by atoms with Crippen molar-refractivity contribution in [3.05, 3.63) is 28.8 Å². The minimum Gasteiger partial charge on any atom is -0.276 e. The SMILES string of the molecule is CCc1cc(C(C)CC)c(S(C)(=O)=O)cc1C(=O)Cl. The molecule has 0 aromatic heterocycles. The molecular formula is C14H19ClO3S. The van der Waals surface area contributed by atoms with Gasteiger partial charge in [-0.25, -0.2) is 8.42 Å². The molecule has 106 valence electrons. The maximum absolute atomic E-state index is 11.9. The van der Waals surface area contributed by atoms with Crippen molar-refractivity contribution >= 4 is 26.7 Å². The molecule has 0 spiro atoms. The third kappa shape index (κ3) is 3.57. The molecule has 0 bridgehead atoms. The third-order valence-electron chi connectivity index (χ3n) is 3.37. The van der Waals surface area contributed by atoms with Crippen LogP contribution < -0.4 is 0 Å². The van der Waals surface area contributed by atoms with Gasteiger partial charge in [-0.15, -0.1) is 0 Å².